The zero-order chi connectivity index (χ0) is 13.8. The van der Waals surface area contributed by atoms with Crippen LogP contribution in [0.5, 0.6) is 0 Å². The highest BCUT2D eigenvalue weighted by molar-refractivity contribution is 5.79. The first-order valence-corrected chi connectivity index (χ1v) is 6.75. The van der Waals surface area contributed by atoms with Crippen LogP contribution in [-0.4, -0.2) is 43.2 Å². The fourth-order valence-electron chi connectivity index (χ4n) is 2.37. The van der Waals surface area contributed by atoms with E-state index in [9.17, 15) is 4.79 Å². The molecule has 1 aromatic rings. The minimum absolute atomic E-state index is 0.0211. The Morgan fingerprint density at radius 3 is 2.89 bits per heavy atom. The molecule has 4 heteroatoms. The van der Waals surface area contributed by atoms with E-state index >= 15 is 0 Å². The van der Waals surface area contributed by atoms with Crippen LogP contribution in [0.1, 0.15) is 16.7 Å². The molecular formula is C15H22N2O2. The average Bonchev–Trinajstić information content (AvgIpc) is 2.43. The smallest absolute Gasteiger partial charge is 0.227 e. The van der Waals surface area contributed by atoms with Crippen LogP contribution in [0.15, 0.2) is 18.2 Å². The van der Waals surface area contributed by atoms with Gasteiger partial charge in [0.1, 0.15) is 0 Å². The normalized spacial score (nSPS) is 19.5. The maximum absolute atomic E-state index is 12.3. The minimum atomic E-state index is 0.0211. The van der Waals surface area contributed by atoms with Crippen LogP contribution >= 0.6 is 0 Å². The second-order valence-corrected chi connectivity index (χ2v) is 5.15. The van der Waals surface area contributed by atoms with Crippen molar-refractivity contribution in [3.05, 3.63) is 34.9 Å². The molecule has 2 rings (SSSR count). The maximum Gasteiger partial charge on any atom is 0.227 e. The van der Waals surface area contributed by atoms with Gasteiger partial charge in [-0.3, -0.25) is 4.79 Å². The summed E-state index contributed by atoms with van der Waals surface area (Å²) < 4.78 is 5.36. The molecule has 1 aliphatic heterocycles. The molecule has 1 fully saturated rings. The quantitative estimate of drug-likeness (QED) is 0.885. The van der Waals surface area contributed by atoms with Crippen LogP contribution in [0, 0.1) is 13.8 Å². The Labute approximate surface area is 114 Å². The third-order valence-corrected chi connectivity index (χ3v) is 3.75. The predicted molar refractivity (Wildman–Crippen MR) is 75.0 cm³/mol. The largest absolute Gasteiger partial charge is 0.377 e. The van der Waals surface area contributed by atoms with Crippen LogP contribution in [0.2, 0.25) is 0 Å². The highest BCUT2D eigenvalue weighted by Gasteiger charge is 2.25. The second kappa shape index (κ2) is 6.17. The number of aryl methyl sites for hydroxylation is 2. The van der Waals surface area contributed by atoms with Crippen molar-refractivity contribution in [1.29, 1.82) is 0 Å². The van der Waals surface area contributed by atoms with Crippen LogP contribution in [0.4, 0.5) is 0 Å². The summed E-state index contributed by atoms with van der Waals surface area (Å²) in [6.07, 6.45) is 0.442. The zero-order valence-corrected chi connectivity index (χ0v) is 11.7. The maximum atomic E-state index is 12.3. The molecule has 104 valence electrons. The molecule has 1 saturated heterocycles. The summed E-state index contributed by atoms with van der Waals surface area (Å²) in [6.45, 7) is 6.41. The van der Waals surface area contributed by atoms with Crippen molar-refractivity contribution in [3.63, 3.8) is 0 Å². The van der Waals surface area contributed by atoms with Crippen LogP contribution in [0.3, 0.4) is 0 Å². The Bertz CT molecular complexity index is 459. The molecule has 0 saturated carbocycles. The van der Waals surface area contributed by atoms with Crippen LogP contribution in [0.25, 0.3) is 0 Å². The van der Waals surface area contributed by atoms with Gasteiger partial charge in [0.05, 0.1) is 25.7 Å². The lowest BCUT2D eigenvalue weighted by atomic mass is 10.0. The fourth-order valence-corrected chi connectivity index (χ4v) is 2.37. The van der Waals surface area contributed by atoms with Crippen molar-refractivity contribution >= 4 is 5.91 Å². The first kappa shape index (κ1) is 14.0. The SMILES string of the molecule is Cc1ccc(CC(=O)N2CCOCC2CN)cc1C. The second-order valence-electron chi connectivity index (χ2n) is 5.15. The number of rotatable bonds is 3. The van der Waals surface area contributed by atoms with E-state index in [1.54, 1.807) is 0 Å². The number of benzene rings is 1. The van der Waals surface area contributed by atoms with Crippen molar-refractivity contribution in [2.24, 2.45) is 5.73 Å². The number of nitrogens with zero attached hydrogens (tertiary/aromatic N) is 1. The van der Waals surface area contributed by atoms with Crippen molar-refractivity contribution in [1.82, 2.24) is 4.90 Å². The highest BCUT2D eigenvalue weighted by atomic mass is 16.5. The molecule has 0 aliphatic carbocycles. The Hall–Kier alpha value is -1.39. The van der Waals surface area contributed by atoms with Gasteiger partial charge in [-0.05, 0) is 30.5 Å². The molecule has 1 unspecified atom stereocenters. The van der Waals surface area contributed by atoms with E-state index in [1.807, 2.05) is 11.0 Å². The molecule has 0 aromatic heterocycles. The Morgan fingerprint density at radius 1 is 1.42 bits per heavy atom. The third kappa shape index (κ3) is 3.33. The van der Waals surface area contributed by atoms with Gasteiger partial charge in [0.25, 0.3) is 0 Å². The molecule has 1 amide bonds. The lowest BCUT2D eigenvalue weighted by molar-refractivity contribution is -0.138. The van der Waals surface area contributed by atoms with E-state index < -0.39 is 0 Å². The Morgan fingerprint density at radius 2 is 2.21 bits per heavy atom. The highest BCUT2D eigenvalue weighted by Crippen LogP contribution is 2.13. The van der Waals surface area contributed by atoms with E-state index in [2.05, 4.69) is 26.0 Å². The van der Waals surface area contributed by atoms with Gasteiger partial charge in [0.2, 0.25) is 5.91 Å². The lowest BCUT2D eigenvalue weighted by Gasteiger charge is -2.35. The van der Waals surface area contributed by atoms with E-state index in [1.165, 1.54) is 11.1 Å². The number of ether oxygens (including phenoxy) is 1. The standard InChI is InChI=1S/C15H22N2O2/c1-11-3-4-13(7-12(11)2)8-15(18)17-5-6-19-10-14(17)9-16/h3-4,7,14H,5-6,8-10,16H2,1-2H3. The number of hydrogen-bond donors (Lipinski definition) is 1. The van der Waals surface area contributed by atoms with Gasteiger partial charge in [-0.25, -0.2) is 0 Å². The van der Waals surface area contributed by atoms with Crippen molar-refractivity contribution in [3.8, 4) is 0 Å². The van der Waals surface area contributed by atoms with E-state index in [4.69, 9.17) is 10.5 Å². The van der Waals surface area contributed by atoms with Crippen molar-refractivity contribution in [2.75, 3.05) is 26.3 Å². The molecule has 1 atom stereocenters. The first-order valence-electron chi connectivity index (χ1n) is 6.75. The van der Waals surface area contributed by atoms with Gasteiger partial charge >= 0.3 is 0 Å². The first-order chi connectivity index (χ1) is 9.11. The summed E-state index contributed by atoms with van der Waals surface area (Å²) in [6, 6.07) is 6.20. The van der Waals surface area contributed by atoms with Crippen molar-refractivity contribution < 1.29 is 9.53 Å². The predicted octanol–water partition coefficient (Wildman–Crippen LogP) is 1.03. The van der Waals surface area contributed by atoms with E-state index in [0.29, 0.717) is 32.7 Å². The van der Waals surface area contributed by atoms with Gasteiger partial charge in [-0.15, -0.1) is 0 Å². The van der Waals surface area contributed by atoms with Crippen LogP contribution in [-0.2, 0) is 16.0 Å². The molecule has 0 spiro atoms. The summed E-state index contributed by atoms with van der Waals surface area (Å²) in [5, 5.41) is 0. The molecular weight excluding hydrogens is 240 g/mol. The van der Waals surface area contributed by atoms with Gasteiger partial charge in [0, 0.05) is 13.1 Å². The molecule has 4 nitrogen and oxygen atoms in total. The molecule has 0 bridgehead atoms. The zero-order valence-electron chi connectivity index (χ0n) is 11.7. The number of morpholine rings is 1. The molecule has 1 aliphatic rings. The van der Waals surface area contributed by atoms with Crippen LogP contribution < -0.4 is 5.73 Å². The van der Waals surface area contributed by atoms with Gasteiger partial charge in [-0.2, -0.15) is 0 Å². The average molecular weight is 262 g/mol. The summed E-state index contributed by atoms with van der Waals surface area (Å²) in [4.78, 5) is 14.2. The fraction of sp³-hybridized carbons (Fsp3) is 0.533. The summed E-state index contributed by atoms with van der Waals surface area (Å²) in [7, 11) is 0. The summed E-state index contributed by atoms with van der Waals surface area (Å²) in [5.74, 6) is 0.141. The van der Waals surface area contributed by atoms with Gasteiger partial charge in [-0.1, -0.05) is 18.2 Å². The molecule has 2 N–H and O–H groups in total. The molecule has 1 aromatic carbocycles. The molecule has 0 radical (unpaired) electrons. The number of nitrogens with two attached hydrogens (primary N) is 1. The number of carbonyl (C=O) groups is 1. The monoisotopic (exact) mass is 262 g/mol. The van der Waals surface area contributed by atoms with Gasteiger partial charge < -0.3 is 15.4 Å². The Balaban J connectivity index is 2.05. The number of hydrogen-bond acceptors (Lipinski definition) is 3. The third-order valence-electron chi connectivity index (χ3n) is 3.75. The molecule has 1 heterocycles. The van der Waals surface area contributed by atoms with Crippen molar-refractivity contribution in [2.45, 2.75) is 26.3 Å². The topological polar surface area (TPSA) is 55.6 Å². The number of carbonyl (C=O) groups excluding carboxylic acids is 1. The molecule has 19 heavy (non-hydrogen) atoms. The van der Waals surface area contributed by atoms with E-state index in [0.717, 1.165) is 5.56 Å². The summed E-state index contributed by atoms with van der Waals surface area (Å²) in [5.41, 5.74) is 9.24. The minimum Gasteiger partial charge on any atom is -0.377 e. The lowest BCUT2D eigenvalue weighted by Crippen LogP contribution is -2.52. The van der Waals surface area contributed by atoms with E-state index in [-0.39, 0.29) is 11.9 Å². The Kier molecular flexibility index (Phi) is 4.56. The van der Waals surface area contributed by atoms with Gasteiger partial charge in [0.15, 0.2) is 0 Å². The summed E-state index contributed by atoms with van der Waals surface area (Å²) >= 11 is 0. The number of amides is 1.